The maximum absolute atomic E-state index is 5.93. The summed E-state index contributed by atoms with van der Waals surface area (Å²) in [5.74, 6) is 1.24. The van der Waals surface area contributed by atoms with Crippen LogP contribution >= 0.6 is 11.6 Å². The van der Waals surface area contributed by atoms with Gasteiger partial charge in [0.05, 0.1) is 0 Å². The van der Waals surface area contributed by atoms with Crippen LogP contribution in [-0.4, -0.2) is 10.2 Å². The average molecular weight is 291 g/mol. The molecule has 0 bridgehead atoms. The van der Waals surface area contributed by atoms with Crippen molar-refractivity contribution in [2.75, 3.05) is 0 Å². The van der Waals surface area contributed by atoms with Crippen molar-refractivity contribution in [1.29, 1.82) is 0 Å². The van der Waals surface area contributed by atoms with Gasteiger partial charge < -0.3 is 4.74 Å². The van der Waals surface area contributed by atoms with Crippen molar-refractivity contribution in [3.63, 3.8) is 0 Å². The second-order valence-electron chi connectivity index (χ2n) is 5.92. The number of hydrogen-bond donors (Lipinski definition) is 0. The van der Waals surface area contributed by atoms with Gasteiger partial charge in [0.15, 0.2) is 5.15 Å². The Kier molecular flexibility index (Phi) is 4.00. The first-order chi connectivity index (χ1) is 9.29. The van der Waals surface area contributed by atoms with Crippen molar-refractivity contribution in [2.45, 2.75) is 40.0 Å². The molecular weight excluding hydrogens is 272 g/mol. The predicted molar refractivity (Wildman–Crippen MR) is 81.7 cm³/mol. The standard InChI is InChI=1S/C16H19ClN2O/c1-10-11(2)15(19-18-14(10)17)20-13-8-6-12(7-9-13)16(3,4)5/h6-9H,1-5H3. The molecule has 106 valence electrons. The second kappa shape index (κ2) is 5.41. The molecule has 0 saturated heterocycles. The molecule has 0 atom stereocenters. The number of hydrogen-bond acceptors (Lipinski definition) is 3. The van der Waals surface area contributed by atoms with Crippen molar-refractivity contribution >= 4 is 11.6 Å². The zero-order valence-corrected chi connectivity index (χ0v) is 13.2. The molecule has 0 amide bonds. The number of nitrogens with zero attached hydrogens (tertiary/aromatic N) is 2. The van der Waals surface area contributed by atoms with E-state index in [-0.39, 0.29) is 5.41 Å². The number of ether oxygens (including phenoxy) is 1. The van der Waals surface area contributed by atoms with Crippen LogP contribution in [0.5, 0.6) is 11.6 Å². The molecule has 0 saturated carbocycles. The molecule has 3 nitrogen and oxygen atoms in total. The Labute approximate surface area is 125 Å². The second-order valence-corrected chi connectivity index (χ2v) is 6.28. The van der Waals surface area contributed by atoms with Crippen LogP contribution in [-0.2, 0) is 5.41 Å². The first-order valence-corrected chi connectivity index (χ1v) is 6.94. The van der Waals surface area contributed by atoms with Crippen molar-refractivity contribution in [2.24, 2.45) is 0 Å². The summed E-state index contributed by atoms with van der Waals surface area (Å²) < 4.78 is 5.78. The summed E-state index contributed by atoms with van der Waals surface area (Å²) in [6, 6.07) is 8.04. The van der Waals surface area contributed by atoms with E-state index in [1.807, 2.05) is 26.0 Å². The number of benzene rings is 1. The van der Waals surface area contributed by atoms with E-state index in [0.29, 0.717) is 11.0 Å². The molecule has 0 spiro atoms. The summed E-state index contributed by atoms with van der Waals surface area (Å²) in [5, 5.41) is 8.30. The highest BCUT2D eigenvalue weighted by Crippen LogP contribution is 2.29. The predicted octanol–water partition coefficient (Wildman–Crippen LogP) is 4.84. The largest absolute Gasteiger partial charge is 0.437 e. The van der Waals surface area contributed by atoms with Crippen molar-refractivity contribution in [3.05, 3.63) is 46.1 Å². The van der Waals surface area contributed by atoms with Crippen LogP contribution in [0.4, 0.5) is 0 Å². The lowest BCUT2D eigenvalue weighted by molar-refractivity contribution is 0.449. The SMILES string of the molecule is Cc1c(Cl)nnc(Oc2ccc(C(C)(C)C)cc2)c1C. The maximum Gasteiger partial charge on any atom is 0.242 e. The minimum atomic E-state index is 0.130. The molecule has 20 heavy (non-hydrogen) atoms. The Morgan fingerprint density at radius 1 is 0.950 bits per heavy atom. The van der Waals surface area contributed by atoms with Crippen LogP contribution in [0.15, 0.2) is 24.3 Å². The third-order valence-corrected chi connectivity index (χ3v) is 3.72. The van der Waals surface area contributed by atoms with Gasteiger partial charge in [-0.2, -0.15) is 0 Å². The summed E-state index contributed by atoms with van der Waals surface area (Å²) in [6.45, 7) is 10.4. The lowest BCUT2D eigenvalue weighted by Crippen LogP contribution is -2.10. The third-order valence-electron chi connectivity index (χ3n) is 3.36. The molecule has 0 radical (unpaired) electrons. The van der Waals surface area contributed by atoms with E-state index in [1.165, 1.54) is 5.56 Å². The molecule has 0 unspecified atom stereocenters. The molecule has 2 rings (SSSR count). The van der Waals surface area contributed by atoms with Gasteiger partial charge in [-0.05, 0) is 42.5 Å². The highest BCUT2D eigenvalue weighted by atomic mass is 35.5. The average Bonchev–Trinajstić information content (AvgIpc) is 2.39. The van der Waals surface area contributed by atoms with Gasteiger partial charge in [-0.1, -0.05) is 44.5 Å². The third kappa shape index (κ3) is 3.10. The lowest BCUT2D eigenvalue weighted by Gasteiger charge is -2.19. The summed E-state index contributed by atoms with van der Waals surface area (Å²) >= 11 is 5.93. The smallest absolute Gasteiger partial charge is 0.242 e. The van der Waals surface area contributed by atoms with Crippen molar-refractivity contribution in [1.82, 2.24) is 10.2 Å². The summed E-state index contributed by atoms with van der Waals surface area (Å²) in [6.07, 6.45) is 0. The Balaban J connectivity index is 2.25. The molecular formula is C16H19ClN2O. The quantitative estimate of drug-likeness (QED) is 0.794. The summed E-state index contributed by atoms with van der Waals surface area (Å²) in [4.78, 5) is 0. The molecule has 1 aromatic carbocycles. The Hall–Kier alpha value is -1.61. The molecule has 0 fully saturated rings. The fourth-order valence-corrected chi connectivity index (χ4v) is 1.97. The number of halogens is 1. The molecule has 0 aliphatic heterocycles. The van der Waals surface area contributed by atoms with E-state index in [0.717, 1.165) is 16.9 Å². The highest BCUT2D eigenvalue weighted by Gasteiger charge is 2.14. The Morgan fingerprint density at radius 2 is 1.55 bits per heavy atom. The van der Waals surface area contributed by atoms with Gasteiger partial charge in [-0.3, -0.25) is 0 Å². The maximum atomic E-state index is 5.93. The van der Waals surface area contributed by atoms with Crippen LogP contribution in [0.25, 0.3) is 0 Å². The van der Waals surface area contributed by atoms with Gasteiger partial charge in [0.2, 0.25) is 5.88 Å². The summed E-state index contributed by atoms with van der Waals surface area (Å²) in [7, 11) is 0. The minimum Gasteiger partial charge on any atom is -0.437 e. The fraction of sp³-hybridized carbons (Fsp3) is 0.375. The summed E-state index contributed by atoms with van der Waals surface area (Å²) in [5.41, 5.74) is 3.19. The van der Waals surface area contributed by atoms with Gasteiger partial charge in [-0.25, -0.2) is 0 Å². The zero-order valence-electron chi connectivity index (χ0n) is 12.5. The van der Waals surface area contributed by atoms with Gasteiger partial charge in [0, 0.05) is 5.56 Å². The zero-order chi connectivity index (χ0) is 14.9. The van der Waals surface area contributed by atoms with Gasteiger partial charge in [-0.15, -0.1) is 10.2 Å². The van der Waals surface area contributed by atoms with Crippen LogP contribution in [0.2, 0.25) is 5.15 Å². The van der Waals surface area contributed by atoms with E-state index in [1.54, 1.807) is 0 Å². The normalized spacial score (nSPS) is 11.5. The monoisotopic (exact) mass is 290 g/mol. The Bertz CT molecular complexity index is 616. The molecule has 2 aromatic rings. The van der Waals surface area contributed by atoms with Crippen molar-refractivity contribution in [3.8, 4) is 11.6 Å². The van der Waals surface area contributed by atoms with Crippen LogP contribution in [0.1, 0.15) is 37.5 Å². The fourth-order valence-electron chi connectivity index (χ4n) is 1.79. The number of rotatable bonds is 2. The first-order valence-electron chi connectivity index (χ1n) is 6.57. The first kappa shape index (κ1) is 14.8. The molecule has 1 aromatic heterocycles. The van der Waals surface area contributed by atoms with E-state index < -0.39 is 0 Å². The Morgan fingerprint density at radius 3 is 2.10 bits per heavy atom. The molecule has 1 heterocycles. The minimum absolute atomic E-state index is 0.130. The molecule has 0 aliphatic rings. The van der Waals surface area contributed by atoms with E-state index in [9.17, 15) is 0 Å². The molecule has 4 heteroatoms. The van der Waals surface area contributed by atoms with Gasteiger partial charge in [0.1, 0.15) is 5.75 Å². The number of aromatic nitrogens is 2. The van der Waals surface area contributed by atoms with Gasteiger partial charge in [0.25, 0.3) is 0 Å². The van der Waals surface area contributed by atoms with Crippen LogP contribution in [0.3, 0.4) is 0 Å². The van der Waals surface area contributed by atoms with E-state index in [4.69, 9.17) is 16.3 Å². The van der Waals surface area contributed by atoms with Crippen molar-refractivity contribution < 1.29 is 4.74 Å². The molecule has 0 aliphatic carbocycles. The van der Waals surface area contributed by atoms with Gasteiger partial charge >= 0.3 is 0 Å². The highest BCUT2D eigenvalue weighted by molar-refractivity contribution is 6.30. The molecule has 0 N–H and O–H groups in total. The van der Waals surface area contributed by atoms with Crippen LogP contribution < -0.4 is 4.74 Å². The van der Waals surface area contributed by atoms with E-state index in [2.05, 4.69) is 43.1 Å². The lowest BCUT2D eigenvalue weighted by atomic mass is 9.87. The van der Waals surface area contributed by atoms with Crippen LogP contribution in [0, 0.1) is 13.8 Å². The van der Waals surface area contributed by atoms with E-state index >= 15 is 0 Å². The topological polar surface area (TPSA) is 35.0 Å².